The number of aromatic nitrogens is 2. The molecule has 1 aliphatic rings. The molecule has 1 aromatic carbocycles. The van der Waals surface area contributed by atoms with E-state index in [0.717, 1.165) is 50.2 Å². The third-order valence-electron chi connectivity index (χ3n) is 5.32. The fourth-order valence-electron chi connectivity index (χ4n) is 3.86. The number of aryl methyl sites for hydroxylation is 1. The van der Waals surface area contributed by atoms with Gasteiger partial charge in [0.1, 0.15) is 11.3 Å². The van der Waals surface area contributed by atoms with Crippen molar-refractivity contribution in [2.45, 2.75) is 38.8 Å². The molecular weight excluding hydrogens is 336 g/mol. The highest BCUT2D eigenvalue weighted by molar-refractivity contribution is 5.95. The molecule has 1 saturated heterocycles. The highest BCUT2D eigenvalue weighted by Gasteiger charge is 2.24. The number of carbonyl (C=O) groups excluding carboxylic acids is 1. The molecule has 5 nitrogen and oxygen atoms in total. The molecule has 5 heteroatoms. The minimum Gasteiger partial charge on any atom is -0.348 e. The summed E-state index contributed by atoms with van der Waals surface area (Å²) in [6, 6.07) is 16.6. The van der Waals surface area contributed by atoms with Gasteiger partial charge in [-0.1, -0.05) is 43.3 Å². The molecule has 1 amide bonds. The molecule has 0 atom stereocenters. The first-order valence-electron chi connectivity index (χ1n) is 9.77. The summed E-state index contributed by atoms with van der Waals surface area (Å²) in [6.07, 6.45) is 4.63. The van der Waals surface area contributed by atoms with Gasteiger partial charge in [-0.15, -0.1) is 0 Å². The molecule has 0 saturated carbocycles. The molecule has 0 unspecified atom stereocenters. The number of amides is 1. The second kappa shape index (κ2) is 7.92. The Morgan fingerprint density at radius 2 is 1.85 bits per heavy atom. The van der Waals surface area contributed by atoms with Gasteiger partial charge in [-0.3, -0.25) is 14.1 Å². The Bertz CT molecular complexity index is 910. The Morgan fingerprint density at radius 1 is 1.11 bits per heavy atom. The predicted molar refractivity (Wildman–Crippen MR) is 107 cm³/mol. The first-order valence-corrected chi connectivity index (χ1v) is 9.77. The zero-order chi connectivity index (χ0) is 18.6. The van der Waals surface area contributed by atoms with Gasteiger partial charge in [0.25, 0.3) is 5.91 Å². The van der Waals surface area contributed by atoms with Gasteiger partial charge in [-0.25, -0.2) is 4.98 Å². The molecule has 27 heavy (non-hydrogen) atoms. The summed E-state index contributed by atoms with van der Waals surface area (Å²) in [5.41, 5.74) is 3.72. The third-order valence-corrected chi connectivity index (χ3v) is 5.32. The molecular formula is C22H26N4O. The van der Waals surface area contributed by atoms with Crippen LogP contribution in [0.4, 0.5) is 0 Å². The van der Waals surface area contributed by atoms with Crippen molar-refractivity contribution in [1.29, 1.82) is 0 Å². The summed E-state index contributed by atoms with van der Waals surface area (Å²) in [4.78, 5) is 20.0. The Kier molecular flexibility index (Phi) is 5.21. The molecule has 0 radical (unpaired) electrons. The van der Waals surface area contributed by atoms with Crippen LogP contribution < -0.4 is 5.32 Å². The van der Waals surface area contributed by atoms with Gasteiger partial charge in [0, 0.05) is 31.9 Å². The van der Waals surface area contributed by atoms with E-state index < -0.39 is 0 Å². The highest BCUT2D eigenvalue weighted by atomic mass is 16.2. The fraction of sp³-hybridized carbons (Fsp3) is 0.364. The Balaban J connectivity index is 1.39. The van der Waals surface area contributed by atoms with E-state index in [0.29, 0.717) is 5.69 Å². The van der Waals surface area contributed by atoms with Crippen molar-refractivity contribution < 1.29 is 4.79 Å². The number of benzene rings is 1. The third kappa shape index (κ3) is 3.88. The maximum atomic E-state index is 13.0. The van der Waals surface area contributed by atoms with Crippen LogP contribution in [-0.4, -0.2) is 39.3 Å². The van der Waals surface area contributed by atoms with Crippen LogP contribution in [0, 0.1) is 0 Å². The summed E-state index contributed by atoms with van der Waals surface area (Å²) < 4.78 is 1.90. The van der Waals surface area contributed by atoms with Gasteiger partial charge < -0.3 is 5.32 Å². The summed E-state index contributed by atoms with van der Waals surface area (Å²) in [7, 11) is 0. The predicted octanol–water partition coefficient (Wildman–Crippen LogP) is 3.29. The van der Waals surface area contributed by atoms with E-state index in [-0.39, 0.29) is 11.9 Å². The molecule has 3 heterocycles. The lowest BCUT2D eigenvalue weighted by Crippen LogP contribution is -2.44. The first kappa shape index (κ1) is 17.7. The number of rotatable bonds is 5. The molecule has 0 aliphatic carbocycles. The second-order valence-electron chi connectivity index (χ2n) is 7.20. The van der Waals surface area contributed by atoms with E-state index in [1.54, 1.807) is 0 Å². The number of piperidine rings is 1. The summed E-state index contributed by atoms with van der Waals surface area (Å²) in [5, 5.41) is 3.25. The number of nitrogens with one attached hydrogen (secondary N) is 1. The van der Waals surface area contributed by atoms with Gasteiger partial charge in [0.2, 0.25) is 0 Å². The van der Waals surface area contributed by atoms with Crippen molar-refractivity contribution in [2.75, 3.05) is 13.1 Å². The lowest BCUT2D eigenvalue weighted by Gasteiger charge is -2.32. The largest absolute Gasteiger partial charge is 0.348 e. The lowest BCUT2D eigenvalue weighted by atomic mass is 10.0. The van der Waals surface area contributed by atoms with Crippen LogP contribution in [0.5, 0.6) is 0 Å². The molecule has 2 aromatic heterocycles. The van der Waals surface area contributed by atoms with Crippen molar-refractivity contribution >= 4 is 11.6 Å². The van der Waals surface area contributed by atoms with Gasteiger partial charge >= 0.3 is 0 Å². The normalized spacial score (nSPS) is 15.9. The number of imidazole rings is 1. The average molecular weight is 362 g/mol. The van der Waals surface area contributed by atoms with E-state index in [4.69, 9.17) is 0 Å². The van der Waals surface area contributed by atoms with E-state index in [2.05, 4.69) is 45.5 Å². The average Bonchev–Trinajstić information content (AvgIpc) is 3.09. The second-order valence-corrected chi connectivity index (χ2v) is 7.20. The number of fused-ring (bicyclic) bond motifs is 1. The molecule has 4 rings (SSSR count). The van der Waals surface area contributed by atoms with Crippen molar-refractivity contribution in [3.63, 3.8) is 0 Å². The van der Waals surface area contributed by atoms with Crippen molar-refractivity contribution in [2.24, 2.45) is 0 Å². The number of nitrogens with zero attached hydrogens (tertiary/aromatic N) is 3. The van der Waals surface area contributed by atoms with Crippen LogP contribution in [0.2, 0.25) is 0 Å². The minimum absolute atomic E-state index is 0.00735. The van der Waals surface area contributed by atoms with E-state index in [1.807, 2.05) is 35.7 Å². The number of hydrogen-bond donors (Lipinski definition) is 1. The minimum atomic E-state index is -0.00735. The first-order chi connectivity index (χ1) is 13.2. The van der Waals surface area contributed by atoms with E-state index in [9.17, 15) is 4.79 Å². The molecule has 0 bridgehead atoms. The molecule has 140 valence electrons. The SMILES string of the molecule is CCc1nc2ccccn2c1C(=O)NC1CCN(Cc2ccccc2)CC1. The van der Waals surface area contributed by atoms with Crippen LogP contribution >= 0.6 is 0 Å². The van der Waals surface area contributed by atoms with Gasteiger partial charge in [-0.05, 0) is 37.0 Å². The van der Waals surface area contributed by atoms with Gasteiger partial charge in [-0.2, -0.15) is 0 Å². The van der Waals surface area contributed by atoms with E-state index >= 15 is 0 Å². The van der Waals surface area contributed by atoms with Gasteiger partial charge in [0.05, 0.1) is 5.69 Å². The maximum Gasteiger partial charge on any atom is 0.270 e. The fourth-order valence-corrected chi connectivity index (χ4v) is 3.86. The number of carbonyl (C=O) groups is 1. The maximum absolute atomic E-state index is 13.0. The highest BCUT2D eigenvalue weighted by Crippen LogP contribution is 2.17. The van der Waals surface area contributed by atoms with Gasteiger partial charge in [0.15, 0.2) is 0 Å². The topological polar surface area (TPSA) is 49.6 Å². The van der Waals surface area contributed by atoms with Crippen LogP contribution in [0.25, 0.3) is 5.65 Å². The smallest absolute Gasteiger partial charge is 0.270 e. The molecule has 1 fully saturated rings. The van der Waals surface area contributed by atoms with Crippen molar-refractivity contribution in [1.82, 2.24) is 19.6 Å². The molecule has 1 N–H and O–H groups in total. The van der Waals surface area contributed by atoms with Crippen molar-refractivity contribution in [3.8, 4) is 0 Å². The molecule has 1 aliphatic heterocycles. The Hall–Kier alpha value is -2.66. The van der Waals surface area contributed by atoms with Crippen LogP contribution in [0.3, 0.4) is 0 Å². The standard InChI is InChI=1S/C22H26N4O/c1-2-19-21(26-13-7-6-10-20(26)24-19)22(27)23-18-11-14-25(15-12-18)16-17-8-4-3-5-9-17/h3-10,13,18H,2,11-12,14-16H2,1H3,(H,23,27). The quantitative estimate of drug-likeness (QED) is 0.758. The number of pyridine rings is 1. The Labute approximate surface area is 160 Å². The zero-order valence-corrected chi connectivity index (χ0v) is 15.8. The van der Waals surface area contributed by atoms with Crippen molar-refractivity contribution in [3.05, 3.63) is 71.7 Å². The summed E-state index contributed by atoms with van der Waals surface area (Å²) in [5.74, 6) is -0.00735. The molecule has 3 aromatic rings. The number of hydrogen-bond acceptors (Lipinski definition) is 3. The van der Waals surface area contributed by atoms with E-state index in [1.165, 1.54) is 5.56 Å². The number of likely N-dealkylation sites (tertiary alicyclic amines) is 1. The Morgan fingerprint density at radius 3 is 2.59 bits per heavy atom. The van der Waals surface area contributed by atoms with Crippen LogP contribution in [-0.2, 0) is 13.0 Å². The monoisotopic (exact) mass is 362 g/mol. The summed E-state index contributed by atoms with van der Waals surface area (Å²) in [6.45, 7) is 5.04. The lowest BCUT2D eigenvalue weighted by molar-refractivity contribution is 0.0902. The molecule has 0 spiro atoms. The zero-order valence-electron chi connectivity index (χ0n) is 15.8. The van der Waals surface area contributed by atoms with Crippen LogP contribution in [0.15, 0.2) is 54.7 Å². The summed E-state index contributed by atoms with van der Waals surface area (Å²) >= 11 is 0. The van der Waals surface area contributed by atoms with Crippen LogP contribution in [0.1, 0.15) is 41.5 Å².